The van der Waals surface area contributed by atoms with E-state index in [0.29, 0.717) is 0 Å². The summed E-state index contributed by atoms with van der Waals surface area (Å²) in [5.74, 6) is -0.221. The normalized spacial score (nSPS) is 13.8. The van der Waals surface area contributed by atoms with Gasteiger partial charge in [0, 0.05) is 19.8 Å². The molecule has 0 saturated carbocycles. The van der Waals surface area contributed by atoms with Gasteiger partial charge in [-0.2, -0.15) is 0 Å². The molecule has 0 radical (unpaired) electrons. The van der Waals surface area contributed by atoms with Crippen molar-refractivity contribution in [3.05, 3.63) is 0 Å². The summed E-state index contributed by atoms with van der Waals surface area (Å²) in [7, 11) is -0.394. The minimum atomic E-state index is -3.23. The van der Waals surface area contributed by atoms with Gasteiger partial charge in [-0.15, -0.1) is 0 Å². The maximum Gasteiger partial charge on any atom is 1.00 e. The van der Waals surface area contributed by atoms with Crippen LogP contribution in [0.2, 0.25) is 0 Å². The number of hydrogen-bond donors (Lipinski definition) is 0. The molecular weight excluding hydrogens is 225 g/mol. The molecule has 0 aromatic heterocycles. The Morgan fingerprint density at radius 3 is 2.15 bits per heavy atom. The molecule has 0 saturated heterocycles. The second-order valence-electron chi connectivity index (χ2n) is 2.46. The van der Waals surface area contributed by atoms with E-state index in [0.717, 1.165) is 4.31 Å². The predicted molar refractivity (Wildman–Crippen MR) is 45.9 cm³/mol. The second kappa shape index (κ2) is 7.33. The van der Waals surface area contributed by atoms with Gasteiger partial charge in [0.1, 0.15) is 0 Å². The Kier molecular flexibility index (Phi) is 9.27. The molecule has 0 aliphatic carbocycles. The van der Waals surface area contributed by atoms with E-state index in [1.807, 2.05) is 0 Å². The van der Waals surface area contributed by atoms with E-state index in [1.165, 1.54) is 14.1 Å². The third-order valence-electron chi connectivity index (χ3n) is 1.27. The summed E-state index contributed by atoms with van der Waals surface area (Å²) in [4.78, 5) is 0. The van der Waals surface area contributed by atoms with Crippen LogP contribution in [0.4, 0.5) is 0 Å². The summed E-state index contributed by atoms with van der Waals surface area (Å²) in [5.41, 5.74) is 0. The second-order valence-corrected chi connectivity index (χ2v) is 5.78. The Morgan fingerprint density at radius 2 is 1.85 bits per heavy atom. The van der Waals surface area contributed by atoms with E-state index in [2.05, 4.69) is 0 Å². The van der Waals surface area contributed by atoms with Gasteiger partial charge in [0.25, 0.3) is 0 Å². The van der Waals surface area contributed by atoms with Crippen LogP contribution in [0.15, 0.2) is 0 Å². The smallest absolute Gasteiger partial charge is 0.772 e. The van der Waals surface area contributed by atoms with Crippen molar-refractivity contribution >= 4 is 21.1 Å². The standard InChI is InChI=1S/C5H13NO4S2.Na/c1-6(2)12(9,10)5-3-4-11(7)8;/h3-5H2,1-2H3,(H,7,8);/q;+1/p-1. The van der Waals surface area contributed by atoms with E-state index in [-0.39, 0.29) is 47.5 Å². The monoisotopic (exact) mass is 237 g/mol. The average Bonchev–Trinajstić information content (AvgIpc) is 1.85. The Morgan fingerprint density at radius 1 is 1.38 bits per heavy atom. The topological polar surface area (TPSA) is 77.5 Å². The van der Waals surface area contributed by atoms with E-state index >= 15 is 0 Å². The van der Waals surface area contributed by atoms with Gasteiger partial charge in [0.2, 0.25) is 10.0 Å². The van der Waals surface area contributed by atoms with Crippen LogP contribution in [0.3, 0.4) is 0 Å². The molecule has 74 valence electrons. The quantitative estimate of drug-likeness (QED) is 0.362. The Bertz CT molecular complexity index is 251. The molecule has 0 bridgehead atoms. The Balaban J connectivity index is 0. The van der Waals surface area contributed by atoms with Gasteiger partial charge < -0.3 is 4.55 Å². The number of nitrogens with zero attached hydrogens (tertiary/aromatic N) is 1. The van der Waals surface area contributed by atoms with Crippen LogP contribution in [0.25, 0.3) is 0 Å². The third kappa shape index (κ3) is 8.04. The van der Waals surface area contributed by atoms with Crippen LogP contribution in [-0.4, -0.2) is 47.1 Å². The third-order valence-corrected chi connectivity index (χ3v) is 3.81. The fraction of sp³-hybridized carbons (Fsp3) is 1.00. The first kappa shape index (κ1) is 16.4. The minimum Gasteiger partial charge on any atom is -0.772 e. The molecule has 1 unspecified atom stereocenters. The summed E-state index contributed by atoms with van der Waals surface area (Å²) in [6.45, 7) is 0. The Labute approximate surface area is 104 Å². The van der Waals surface area contributed by atoms with Crippen LogP contribution in [0.5, 0.6) is 0 Å². The molecule has 0 fully saturated rings. The van der Waals surface area contributed by atoms with Gasteiger partial charge in [-0.1, -0.05) is 11.1 Å². The van der Waals surface area contributed by atoms with Crippen LogP contribution >= 0.6 is 0 Å². The molecule has 5 nitrogen and oxygen atoms in total. The first-order chi connectivity index (χ1) is 5.36. The predicted octanol–water partition coefficient (Wildman–Crippen LogP) is -3.85. The van der Waals surface area contributed by atoms with Crippen LogP contribution in [-0.2, 0) is 21.1 Å². The van der Waals surface area contributed by atoms with Crippen molar-refractivity contribution in [2.45, 2.75) is 6.42 Å². The molecule has 1 atom stereocenters. The molecule has 0 N–H and O–H groups in total. The number of sulfonamides is 1. The van der Waals surface area contributed by atoms with E-state index in [1.54, 1.807) is 0 Å². The summed E-state index contributed by atoms with van der Waals surface area (Å²) in [6.07, 6.45) is 0.149. The zero-order chi connectivity index (χ0) is 9.78. The minimum absolute atomic E-state index is 0. The van der Waals surface area contributed by atoms with E-state index in [4.69, 9.17) is 0 Å². The molecule has 0 aliphatic rings. The van der Waals surface area contributed by atoms with Crippen molar-refractivity contribution in [1.82, 2.24) is 4.31 Å². The zero-order valence-corrected chi connectivity index (χ0v) is 11.7. The van der Waals surface area contributed by atoms with Crippen molar-refractivity contribution in [2.75, 3.05) is 25.6 Å². The molecular formula is C5H12NNaO4S2. The van der Waals surface area contributed by atoms with Gasteiger partial charge in [-0.05, 0) is 6.42 Å². The van der Waals surface area contributed by atoms with Crippen molar-refractivity contribution in [1.29, 1.82) is 0 Å². The van der Waals surface area contributed by atoms with E-state index < -0.39 is 21.1 Å². The van der Waals surface area contributed by atoms with Crippen molar-refractivity contribution in [2.24, 2.45) is 0 Å². The van der Waals surface area contributed by atoms with Crippen molar-refractivity contribution in [3.8, 4) is 0 Å². The molecule has 0 spiro atoms. The van der Waals surface area contributed by atoms with E-state index in [9.17, 15) is 17.2 Å². The summed E-state index contributed by atoms with van der Waals surface area (Å²) < 4.78 is 43.3. The van der Waals surface area contributed by atoms with Crippen molar-refractivity contribution in [3.63, 3.8) is 0 Å². The molecule has 0 heterocycles. The molecule has 0 aromatic rings. The van der Waals surface area contributed by atoms with Gasteiger partial charge >= 0.3 is 29.6 Å². The molecule has 13 heavy (non-hydrogen) atoms. The molecule has 0 aliphatic heterocycles. The van der Waals surface area contributed by atoms with Crippen molar-refractivity contribution < 1.29 is 46.7 Å². The first-order valence-electron chi connectivity index (χ1n) is 3.32. The number of hydrogen-bond acceptors (Lipinski definition) is 4. The molecule has 8 heteroatoms. The zero-order valence-electron chi connectivity index (χ0n) is 8.02. The molecule has 0 aromatic carbocycles. The van der Waals surface area contributed by atoms with Gasteiger partial charge in [-0.3, -0.25) is 4.21 Å². The first-order valence-corrected chi connectivity index (χ1v) is 6.17. The largest absolute Gasteiger partial charge is 1.00 e. The van der Waals surface area contributed by atoms with Gasteiger partial charge in [-0.25, -0.2) is 12.7 Å². The fourth-order valence-electron chi connectivity index (χ4n) is 0.542. The summed E-state index contributed by atoms with van der Waals surface area (Å²) in [6, 6.07) is 0. The van der Waals surface area contributed by atoms with Crippen LogP contribution < -0.4 is 29.6 Å². The van der Waals surface area contributed by atoms with Gasteiger partial charge in [0.15, 0.2) is 0 Å². The maximum absolute atomic E-state index is 11.0. The average molecular weight is 237 g/mol. The maximum atomic E-state index is 11.0. The van der Waals surface area contributed by atoms with Crippen LogP contribution in [0, 0.1) is 0 Å². The fourth-order valence-corrected chi connectivity index (χ4v) is 1.98. The summed E-state index contributed by atoms with van der Waals surface area (Å²) >= 11 is -2.15. The van der Waals surface area contributed by atoms with Crippen LogP contribution in [0.1, 0.15) is 6.42 Å². The molecule has 0 amide bonds. The Hall–Kier alpha value is 1.02. The number of rotatable bonds is 5. The van der Waals surface area contributed by atoms with Gasteiger partial charge in [0.05, 0.1) is 5.75 Å². The SMILES string of the molecule is CN(C)S(=O)(=O)CCCS(=O)[O-].[Na+]. The molecule has 0 rings (SSSR count). The summed E-state index contributed by atoms with van der Waals surface area (Å²) in [5, 5.41) is 0.